The van der Waals surface area contributed by atoms with E-state index in [9.17, 15) is 14.9 Å². The van der Waals surface area contributed by atoms with Crippen molar-refractivity contribution in [2.75, 3.05) is 26.9 Å². The second-order valence-electron chi connectivity index (χ2n) is 7.99. The Morgan fingerprint density at radius 1 is 1.10 bits per heavy atom. The van der Waals surface area contributed by atoms with E-state index in [4.69, 9.17) is 9.47 Å². The number of hydrogen-bond acceptors (Lipinski definition) is 5. The Morgan fingerprint density at radius 3 is 2.63 bits per heavy atom. The Balaban J connectivity index is 1.51. The summed E-state index contributed by atoms with van der Waals surface area (Å²) >= 11 is 0. The third-order valence-corrected chi connectivity index (χ3v) is 6.29. The molecule has 1 unspecified atom stereocenters. The Hall–Kier alpha value is -3.37. The highest BCUT2D eigenvalue weighted by atomic mass is 16.5. The first-order chi connectivity index (χ1) is 14.6. The summed E-state index contributed by atoms with van der Waals surface area (Å²) < 4.78 is 11.3. The van der Waals surface area contributed by atoms with Gasteiger partial charge in [0.1, 0.15) is 5.75 Å². The monoisotopic (exact) mass is 403 g/mol. The molecule has 5 rings (SSSR count). The number of nitriles is 1. The van der Waals surface area contributed by atoms with E-state index in [2.05, 4.69) is 16.7 Å². The van der Waals surface area contributed by atoms with E-state index in [-0.39, 0.29) is 23.8 Å². The molecule has 0 aromatic heterocycles. The minimum atomic E-state index is -0.302. The summed E-state index contributed by atoms with van der Waals surface area (Å²) in [6.07, 6.45) is 0. The minimum absolute atomic E-state index is 0.141. The number of fused-ring (bicyclic) bond motifs is 2. The third kappa shape index (κ3) is 3.01. The molecule has 1 aliphatic carbocycles. The van der Waals surface area contributed by atoms with Crippen LogP contribution in [0.4, 0.5) is 0 Å². The van der Waals surface area contributed by atoms with Crippen molar-refractivity contribution in [2.24, 2.45) is 11.8 Å². The lowest BCUT2D eigenvalue weighted by Crippen LogP contribution is -2.30. The zero-order chi connectivity index (χ0) is 20.8. The molecule has 4 atom stereocenters. The molecule has 0 radical (unpaired) electrons. The molecule has 2 fully saturated rings. The van der Waals surface area contributed by atoms with Crippen LogP contribution in [0.2, 0.25) is 0 Å². The van der Waals surface area contributed by atoms with Gasteiger partial charge in [-0.05, 0) is 29.8 Å². The number of nitrogens with zero attached hydrogens (tertiary/aromatic N) is 1. The number of rotatable bonds is 4. The highest BCUT2D eigenvalue weighted by molar-refractivity contribution is 6.02. The van der Waals surface area contributed by atoms with Crippen LogP contribution in [0.15, 0.2) is 36.4 Å². The van der Waals surface area contributed by atoms with E-state index in [1.54, 1.807) is 19.2 Å². The van der Waals surface area contributed by atoms with Crippen molar-refractivity contribution >= 4 is 11.8 Å². The molecule has 3 aliphatic rings. The molecule has 2 N–H and O–H groups in total. The summed E-state index contributed by atoms with van der Waals surface area (Å²) in [5.41, 5.74) is 3.05. The zero-order valence-electron chi connectivity index (χ0n) is 16.5. The molecule has 7 nitrogen and oxygen atoms in total. The van der Waals surface area contributed by atoms with Crippen LogP contribution in [0.5, 0.6) is 5.75 Å². The van der Waals surface area contributed by atoms with Crippen LogP contribution < -0.4 is 15.4 Å². The van der Waals surface area contributed by atoms with Gasteiger partial charge in [0.05, 0.1) is 37.0 Å². The van der Waals surface area contributed by atoms with Crippen LogP contribution in [0.25, 0.3) is 0 Å². The van der Waals surface area contributed by atoms with E-state index < -0.39 is 0 Å². The Kier molecular flexibility index (Phi) is 4.44. The summed E-state index contributed by atoms with van der Waals surface area (Å²) in [4.78, 5) is 25.5. The third-order valence-electron chi connectivity index (χ3n) is 6.29. The van der Waals surface area contributed by atoms with Gasteiger partial charge in [0.2, 0.25) is 0 Å². The molecule has 2 aromatic rings. The average molecular weight is 403 g/mol. The number of hydrogen-bond donors (Lipinski definition) is 2. The normalized spacial score (nSPS) is 25.5. The predicted octanol–water partition coefficient (Wildman–Crippen LogP) is 1.82. The molecule has 2 heterocycles. The number of nitrogens with one attached hydrogen (secondary N) is 2. The fourth-order valence-electron chi connectivity index (χ4n) is 4.55. The van der Waals surface area contributed by atoms with Gasteiger partial charge in [0.15, 0.2) is 0 Å². The molecule has 2 amide bonds. The molecule has 152 valence electrons. The Bertz CT molecular complexity index is 1080. The molecule has 2 aliphatic heterocycles. The zero-order valence-corrected chi connectivity index (χ0v) is 16.5. The molecule has 1 saturated heterocycles. The van der Waals surface area contributed by atoms with Crippen molar-refractivity contribution in [3.05, 3.63) is 64.2 Å². The molecule has 0 spiro atoms. The maximum Gasteiger partial charge on any atom is 0.254 e. The number of ether oxygens (including phenoxy) is 2. The SMILES string of the molecule is CNC(=O)c1cc(C(=O)N[C@H]2[C@@H]3COC[C@@H]32)cc2c1OCC2c1cccc(C#N)c1. The van der Waals surface area contributed by atoms with Gasteiger partial charge in [-0.25, -0.2) is 0 Å². The lowest BCUT2D eigenvalue weighted by Gasteiger charge is -2.14. The first kappa shape index (κ1) is 18.6. The second-order valence-corrected chi connectivity index (χ2v) is 7.99. The van der Waals surface area contributed by atoms with Gasteiger partial charge in [-0.2, -0.15) is 5.26 Å². The lowest BCUT2D eigenvalue weighted by atomic mass is 9.89. The first-order valence-corrected chi connectivity index (χ1v) is 10.0. The van der Waals surface area contributed by atoms with Crippen molar-refractivity contribution in [2.45, 2.75) is 12.0 Å². The predicted molar refractivity (Wildman–Crippen MR) is 107 cm³/mol. The fourth-order valence-corrected chi connectivity index (χ4v) is 4.55. The summed E-state index contributed by atoms with van der Waals surface area (Å²) in [7, 11) is 1.55. The molecule has 7 heteroatoms. The summed E-state index contributed by atoms with van der Waals surface area (Å²) in [6, 6.07) is 13.0. The molecule has 30 heavy (non-hydrogen) atoms. The number of benzene rings is 2. The van der Waals surface area contributed by atoms with Gasteiger partial charge >= 0.3 is 0 Å². The highest BCUT2D eigenvalue weighted by Gasteiger charge is 2.54. The van der Waals surface area contributed by atoms with E-state index in [1.165, 1.54) is 0 Å². The molecule has 0 bridgehead atoms. The quantitative estimate of drug-likeness (QED) is 0.811. The number of carbonyl (C=O) groups excluding carboxylic acids is 2. The van der Waals surface area contributed by atoms with E-state index in [1.807, 2.05) is 24.3 Å². The maximum atomic E-state index is 13.0. The van der Waals surface area contributed by atoms with E-state index in [0.29, 0.717) is 54.1 Å². The number of amides is 2. The van der Waals surface area contributed by atoms with Crippen LogP contribution in [-0.2, 0) is 4.74 Å². The smallest absolute Gasteiger partial charge is 0.254 e. The molecular weight excluding hydrogens is 382 g/mol. The van der Waals surface area contributed by atoms with Crippen LogP contribution in [0, 0.1) is 23.2 Å². The van der Waals surface area contributed by atoms with E-state index >= 15 is 0 Å². The average Bonchev–Trinajstić information content (AvgIpc) is 3.15. The number of carbonyl (C=O) groups is 2. The van der Waals surface area contributed by atoms with Gasteiger partial charge in [-0.3, -0.25) is 9.59 Å². The van der Waals surface area contributed by atoms with Gasteiger partial charge in [0.25, 0.3) is 11.8 Å². The van der Waals surface area contributed by atoms with Crippen molar-refractivity contribution < 1.29 is 19.1 Å². The largest absolute Gasteiger partial charge is 0.491 e. The van der Waals surface area contributed by atoms with Crippen LogP contribution >= 0.6 is 0 Å². The van der Waals surface area contributed by atoms with Crippen molar-refractivity contribution in [1.29, 1.82) is 5.26 Å². The molecule has 2 aromatic carbocycles. The van der Waals surface area contributed by atoms with Gasteiger partial charge < -0.3 is 20.1 Å². The standard InChI is InChI=1S/C23H21N3O4/c1-25-23(28)16-7-14(22(27)26-20-18-9-29-10-19(18)20)6-15-17(11-30-21(15)16)13-4-2-3-12(5-13)8-24/h2-7,17-20H,9-11H2,1H3,(H,25,28)(H,26,27)/t17?,18-,19+,20+. The fraction of sp³-hybridized carbons (Fsp3) is 0.348. The van der Waals surface area contributed by atoms with Crippen LogP contribution in [0.3, 0.4) is 0 Å². The summed E-state index contributed by atoms with van der Waals surface area (Å²) in [5, 5.41) is 14.9. The van der Waals surface area contributed by atoms with Crippen molar-refractivity contribution in [3.8, 4) is 11.8 Å². The maximum absolute atomic E-state index is 13.0. The van der Waals surface area contributed by atoms with Crippen LogP contribution in [-0.4, -0.2) is 44.7 Å². The van der Waals surface area contributed by atoms with Gasteiger partial charge in [0, 0.05) is 42.0 Å². The lowest BCUT2D eigenvalue weighted by molar-refractivity contribution is 0.0929. The molecular formula is C23H21N3O4. The Morgan fingerprint density at radius 2 is 1.90 bits per heavy atom. The molecule has 1 saturated carbocycles. The minimum Gasteiger partial charge on any atom is -0.491 e. The highest BCUT2D eigenvalue weighted by Crippen LogP contribution is 2.45. The first-order valence-electron chi connectivity index (χ1n) is 10.0. The topological polar surface area (TPSA) is 100 Å². The van der Waals surface area contributed by atoms with Crippen molar-refractivity contribution in [3.63, 3.8) is 0 Å². The van der Waals surface area contributed by atoms with Crippen LogP contribution in [0.1, 0.15) is 43.3 Å². The van der Waals surface area contributed by atoms with Gasteiger partial charge in [-0.15, -0.1) is 0 Å². The Labute approximate surface area is 174 Å². The summed E-state index contributed by atoms with van der Waals surface area (Å²) in [6.45, 7) is 1.73. The summed E-state index contributed by atoms with van der Waals surface area (Å²) in [5.74, 6) is 0.633. The van der Waals surface area contributed by atoms with Crippen molar-refractivity contribution in [1.82, 2.24) is 10.6 Å². The second kappa shape index (κ2) is 7.15. The van der Waals surface area contributed by atoms with E-state index in [0.717, 1.165) is 11.1 Å². The van der Waals surface area contributed by atoms with Gasteiger partial charge in [-0.1, -0.05) is 12.1 Å².